The molecule has 0 N–H and O–H groups in total. The average Bonchev–Trinajstić information content (AvgIpc) is 4.03. The van der Waals surface area contributed by atoms with E-state index in [1.54, 1.807) is 0 Å². The molecule has 0 saturated carbocycles. The second kappa shape index (κ2) is 12.5. The van der Waals surface area contributed by atoms with Crippen molar-refractivity contribution in [1.29, 1.82) is 0 Å². The van der Waals surface area contributed by atoms with Gasteiger partial charge in [-0.25, -0.2) is 0 Å². The van der Waals surface area contributed by atoms with Crippen molar-refractivity contribution < 1.29 is 0 Å². The van der Waals surface area contributed by atoms with E-state index in [-0.39, 0.29) is 0 Å². The predicted molar refractivity (Wildman–Crippen MR) is 249 cm³/mol. The topological polar surface area (TPSA) is 9.86 Å². The van der Waals surface area contributed by atoms with E-state index in [4.69, 9.17) is 0 Å². The third-order valence-corrected chi connectivity index (χ3v) is 15.0. The Balaban J connectivity index is 1.07. The summed E-state index contributed by atoms with van der Waals surface area (Å²) in [6.07, 6.45) is 7.38. The van der Waals surface area contributed by atoms with Gasteiger partial charge in [-0.3, -0.25) is 0 Å². The second-order valence-corrected chi connectivity index (χ2v) is 17.8. The van der Waals surface area contributed by atoms with Gasteiger partial charge in [-0.05, 0) is 82.9 Å². The Morgan fingerprint density at radius 2 is 1.17 bits per heavy atom. The summed E-state index contributed by atoms with van der Waals surface area (Å²) in [5.74, 6) is 0.362. The number of para-hydroxylation sites is 3. The fraction of sp³-hybridized carbons (Fsp3) is 0.0370. The number of aromatic nitrogens is 2. The van der Waals surface area contributed by atoms with E-state index in [0.717, 1.165) is 0 Å². The first-order valence-electron chi connectivity index (χ1n) is 20.0. The molecule has 8 aromatic carbocycles. The van der Waals surface area contributed by atoms with Gasteiger partial charge in [-0.2, -0.15) is 0 Å². The number of nitrogens with zero attached hydrogens (tertiary/aromatic N) is 2. The Kier molecular flexibility index (Phi) is 6.98. The van der Waals surface area contributed by atoms with E-state index in [0.29, 0.717) is 11.2 Å². The molecule has 1 aliphatic heterocycles. The van der Waals surface area contributed by atoms with Gasteiger partial charge in [0.2, 0.25) is 0 Å². The SMILES string of the molecule is C1=CC2Sc3ccccc3C2C=C1c1cc(-n2c3ccccc3c3ccc(-c4cccc5c4c4ccccc4n5-c4ccccc4)cc32)cc2c1sc1ccccc12. The fourth-order valence-electron chi connectivity index (χ4n) is 9.92. The van der Waals surface area contributed by atoms with Crippen molar-refractivity contribution in [2.75, 3.05) is 0 Å². The molecule has 1 aliphatic carbocycles. The largest absolute Gasteiger partial charge is 0.309 e. The van der Waals surface area contributed by atoms with Crippen LogP contribution in [0.3, 0.4) is 0 Å². The summed E-state index contributed by atoms with van der Waals surface area (Å²) in [4.78, 5) is 1.40. The first kappa shape index (κ1) is 32.5. The highest BCUT2D eigenvalue weighted by atomic mass is 32.2. The summed E-state index contributed by atoms with van der Waals surface area (Å²) < 4.78 is 7.60. The van der Waals surface area contributed by atoms with Crippen LogP contribution >= 0.6 is 23.1 Å². The maximum Gasteiger partial charge on any atom is 0.0547 e. The van der Waals surface area contributed by atoms with Gasteiger partial charge >= 0.3 is 0 Å². The van der Waals surface area contributed by atoms with E-state index in [1.165, 1.54) is 108 Å². The molecule has 0 amide bonds. The normalized spacial score (nSPS) is 16.2. The minimum atomic E-state index is 0.362. The number of rotatable bonds is 4. The molecule has 0 saturated heterocycles. The van der Waals surface area contributed by atoms with E-state index >= 15 is 0 Å². The van der Waals surface area contributed by atoms with Crippen molar-refractivity contribution in [2.45, 2.75) is 16.1 Å². The number of fused-ring (bicyclic) bond motifs is 12. The number of hydrogen-bond acceptors (Lipinski definition) is 2. The highest BCUT2D eigenvalue weighted by molar-refractivity contribution is 8.00. The molecule has 11 aromatic rings. The van der Waals surface area contributed by atoms with Crippen LogP contribution in [0.1, 0.15) is 17.0 Å². The zero-order valence-corrected chi connectivity index (χ0v) is 33.0. The third-order valence-electron chi connectivity index (χ3n) is 12.4. The van der Waals surface area contributed by atoms with Gasteiger partial charge in [-0.1, -0.05) is 133 Å². The quantitative estimate of drug-likeness (QED) is 0.173. The Labute approximate surface area is 343 Å². The van der Waals surface area contributed by atoms with Gasteiger partial charge in [0.05, 0.1) is 22.1 Å². The van der Waals surface area contributed by atoms with E-state index in [9.17, 15) is 0 Å². The van der Waals surface area contributed by atoms with Gasteiger partial charge in [0.25, 0.3) is 0 Å². The molecule has 272 valence electrons. The lowest BCUT2D eigenvalue weighted by molar-refractivity contribution is 0.884. The molecule has 58 heavy (non-hydrogen) atoms. The van der Waals surface area contributed by atoms with Crippen LogP contribution in [0.2, 0.25) is 0 Å². The molecular weight excluding hydrogens is 741 g/mol. The molecule has 0 fully saturated rings. The first-order chi connectivity index (χ1) is 28.8. The van der Waals surface area contributed by atoms with Crippen molar-refractivity contribution in [3.8, 4) is 22.5 Å². The van der Waals surface area contributed by atoms with Gasteiger partial charge < -0.3 is 9.13 Å². The molecule has 4 heterocycles. The van der Waals surface area contributed by atoms with Crippen molar-refractivity contribution >= 4 is 92.5 Å². The molecule has 2 unspecified atom stereocenters. The van der Waals surface area contributed by atoms with Crippen molar-refractivity contribution in [3.63, 3.8) is 0 Å². The highest BCUT2D eigenvalue weighted by Crippen LogP contribution is 2.51. The number of benzene rings is 8. The summed E-state index contributed by atoms with van der Waals surface area (Å²) in [5, 5.41) is 8.12. The number of allylic oxidation sites excluding steroid dienone is 3. The lowest BCUT2D eigenvalue weighted by Gasteiger charge is -2.20. The molecule has 4 heteroatoms. The van der Waals surface area contributed by atoms with Crippen molar-refractivity contribution in [1.82, 2.24) is 9.13 Å². The molecular formula is C54H34N2S2. The van der Waals surface area contributed by atoms with E-state index in [2.05, 4.69) is 203 Å². The summed E-state index contributed by atoms with van der Waals surface area (Å²) in [6, 6.07) is 65.2. The molecule has 0 bridgehead atoms. The second-order valence-electron chi connectivity index (χ2n) is 15.6. The maximum atomic E-state index is 2.54. The van der Waals surface area contributed by atoms with Gasteiger partial charge in [0.15, 0.2) is 0 Å². The van der Waals surface area contributed by atoms with Crippen molar-refractivity contribution in [2.24, 2.45) is 0 Å². The van der Waals surface area contributed by atoms with E-state index < -0.39 is 0 Å². The number of thiophene rings is 1. The highest BCUT2D eigenvalue weighted by Gasteiger charge is 2.32. The van der Waals surface area contributed by atoms with Crippen LogP contribution in [-0.2, 0) is 0 Å². The molecule has 2 atom stereocenters. The monoisotopic (exact) mass is 774 g/mol. The van der Waals surface area contributed by atoms with Gasteiger partial charge in [-0.15, -0.1) is 23.1 Å². The van der Waals surface area contributed by atoms with Gasteiger partial charge in [0, 0.05) is 74.7 Å². The van der Waals surface area contributed by atoms with Crippen LogP contribution in [0.15, 0.2) is 199 Å². The molecule has 0 spiro atoms. The fourth-order valence-corrected chi connectivity index (χ4v) is 12.5. The lowest BCUT2D eigenvalue weighted by atomic mass is 9.87. The van der Waals surface area contributed by atoms with E-state index in [1.807, 2.05) is 23.1 Å². The summed E-state index contributed by atoms with van der Waals surface area (Å²) in [6.45, 7) is 0. The Bertz CT molecular complexity index is 3560. The third kappa shape index (κ3) is 4.67. The van der Waals surface area contributed by atoms with Crippen molar-refractivity contribution in [3.05, 3.63) is 205 Å². The zero-order valence-electron chi connectivity index (χ0n) is 31.3. The predicted octanol–water partition coefficient (Wildman–Crippen LogP) is 15.1. The Hall–Kier alpha value is -6.59. The molecule has 3 aromatic heterocycles. The summed E-state index contributed by atoms with van der Waals surface area (Å²) in [5.41, 5.74) is 13.7. The van der Waals surface area contributed by atoms with Crippen LogP contribution in [0.25, 0.3) is 91.9 Å². The number of hydrogen-bond donors (Lipinski definition) is 0. The Morgan fingerprint density at radius 1 is 0.466 bits per heavy atom. The summed E-state index contributed by atoms with van der Waals surface area (Å²) >= 11 is 3.91. The minimum Gasteiger partial charge on any atom is -0.309 e. The smallest absolute Gasteiger partial charge is 0.0547 e. The maximum absolute atomic E-state index is 2.54. The van der Waals surface area contributed by atoms with Crippen LogP contribution in [0.4, 0.5) is 0 Å². The minimum absolute atomic E-state index is 0.362. The van der Waals surface area contributed by atoms with Crippen LogP contribution in [-0.4, -0.2) is 14.4 Å². The lowest BCUT2D eigenvalue weighted by Crippen LogP contribution is -2.09. The van der Waals surface area contributed by atoms with Crippen LogP contribution in [0.5, 0.6) is 0 Å². The molecule has 0 radical (unpaired) electrons. The average molecular weight is 775 g/mol. The molecule has 2 aliphatic rings. The summed E-state index contributed by atoms with van der Waals surface area (Å²) in [7, 11) is 0. The molecule has 2 nitrogen and oxygen atoms in total. The van der Waals surface area contributed by atoms with Gasteiger partial charge in [0.1, 0.15) is 0 Å². The first-order valence-corrected chi connectivity index (χ1v) is 21.7. The molecule has 13 rings (SSSR count). The van der Waals surface area contributed by atoms with Crippen LogP contribution in [0, 0.1) is 0 Å². The Morgan fingerprint density at radius 3 is 2.07 bits per heavy atom. The standard InChI is InChI=1S/C54H34N2S2/c1-2-13-35(14-3-1)55-47-21-9-5-18-42(47)53-37(19-12-22-48(53)55)34-25-27-39-38-15-4-8-20-46(38)56(49(39)30-34)36-31-43(54-45(32-36)41-17-7-11-24-51(41)58-54)33-26-28-52-44(29-33)40-16-6-10-23-50(40)57-52/h1-32,44,52H. The van der Waals surface area contributed by atoms with Crippen LogP contribution < -0.4 is 0 Å². The zero-order chi connectivity index (χ0) is 37.9. The number of thioether (sulfide) groups is 1.